The van der Waals surface area contributed by atoms with Gasteiger partial charge < -0.3 is 25.4 Å². The van der Waals surface area contributed by atoms with E-state index >= 15 is 0 Å². The molecule has 0 saturated heterocycles. The van der Waals surface area contributed by atoms with Crippen LogP contribution in [0.15, 0.2) is 18.2 Å². The zero-order valence-electron chi connectivity index (χ0n) is 26.8. The maximum absolute atomic E-state index is 14.5. The van der Waals surface area contributed by atoms with Crippen LogP contribution in [0.1, 0.15) is 119 Å². The number of aromatic hydroxyl groups is 1. The van der Waals surface area contributed by atoms with Gasteiger partial charge in [-0.1, -0.05) is 53.5 Å². The van der Waals surface area contributed by atoms with Gasteiger partial charge in [0.15, 0.2) is 0 Å². The van der Waals surface area contributed by atoms with Gasteiger partial charge in [0.2, 0.25) is 11.8 Å². The molecule has 0 aromatic heterocycles. The van der Waals surface area contributed by atoms with Crippen molar-refractivity contribution >= 4 is 17.9 Å². The first-order chi connectivity index (χ1) is 18.5. The monoisotopic (exact) mass is 561 g/mol. The van der Waals surface area contributed by atoms with Crippen LogP contribution in [0, 0.1) is 18.8 Å². The molecule has 8 heteroatoms. The number of phenols is 1. The van der Waals surface area contributed by atoms with Crippen LogP contribution in [0.2, 0.25) is 0 Å². The molecular formula is C32H55N3O5. The lowest BCUT2D eigenvalue weighted by atomic mass is 9.92. The molecule has 0 aliphatic carbocycles. The number of hydrogen-bond acceptors (Lipinski definition) is 5. The maximum atomic E-state index is 14.5. The minimum Gasteiger partial charge on any atom is -0.508 e. The first-order valence-corrected chi connectivity index (χ1v) is 14.9. The van der Waals surface area contributed by atoms with Crippen LogP contribution >= 0.6 is 0 Å². The maximum Gasteiger partial charge on any atom is 0.408 e. The average Bonchev–Trinajstić information content (AvgIpc) is 2.84. The van der Waals surface area contributed by atoms with Crippen LogP contribution in [-0.4, -0.2) is 51.6 Å². The summed E-state index contributed by atoms with van der Waals surface area (Å²) < 4.78 is 5.51. The highest BCUT2D eigenvalue weighted by molar-refractivity contribution is 5.92. The van der Waals surface area contributed by atoms with Crippen molar-refractivity contribution in [3.63, 3.8) is 0 Å². The quantitative estimate of drug-likeness (QED) is 0.236. The van der Waals surface area contributed by atoms with Crippen molar-refractivity contribution in [3.05, 3.63) is 29.3 Å². The third-order valence-electron chi connectivity index (χ3n) is 7.22. The number of nitrogens with one attached hydrogen (secondary N) is 2. The predicted molar refractivity (Wildman–Crippen MR) is 161 cm³/mol. The molecule has 0 fully saturated rings. The van der Waals surface area contributed by atoms with E-state index in [0.717, 1.165) is 19.3 Å². The van der Waals surface area contributed by atoms with E-state index < -0.39 is 23.8 Å². The van der Waals surface area contributed by atoms with Crippen molar-refractivity contribution in [1.82, 2.24) is 15.5 Å². The summed E-state index contributed by atoms with van der Waals surface area (Å²) in [6.45, 7) is 21.2. The van der Waals surface area contributed by atoms with Crippen LogP contribution in [-0.2, 0) is 14.3 Å². The van der Waals surface area contributed by atoms with Gasteiger partial charge in [0, 0.05) is 12.1 Å². The highest BCUT2D eigenvalue weighted by atomic mass is 16.6. The van der Waals surface area contributed by atoms with Gasteiger partial charge in [0.1, 0.15) is 23.4 Å². The molecule has 0 heterocycles. The van der Waals surface area contributed by atoms with Crippen LogP contribution in [0.25, 0.3) is 0 Å². The SMILES string of the molecule is CCCC(C)NC(=O)C(c1ccc(O)c(C)c1)N(C(=O)C(NC(=O)OC(C)(C)C)C(C)CC)C(C)CCC(C)C. The Balaban J connectivity index is 3.72. The van der Waals surface area contributed by atoms with Gasteiger partial charge in [0.25, 0.3) is 0 Å². The molecule has 0 saturated carbocycles. The predicted octanol–water partition coefficient (Wildman–Crippen LogP) is 6.64. The number of hydrogen-bond donors (Lipinski definition) is 3. The molecule has 5 unspecified atom stereocenters. The minimum atomic E-state index is -0.944. The molecule has 8 nitrogen and oxygen atoms in total. The Hall–Kier alpha value is -2.77. The molecule has 1 aromatic rings. The van der Waals surface area contributed by atoms with Crippen molar-refractivity contribution in [2.45, 2.75) is 138 Å². The number of aryl methyl sites for hydroxylation is 1. The summed E-state index contributed by atoms with van der Waals surface area (Å²) in [7, 11) is 0. The lowest BCUT2D eigenvalue weighted by Crippen LogP contribution is -2.57. The molecule has 3 amide bonds. The first-order valence-electron chi connectivity index (χ1n) is 14.9. The van der Waals surface area contributed by atoms with Gasteiger partial charge in [-0.05, 0) is 95.9 Å². The summed E-state index contributed by atoms with van der Waals surface area (Å²) in [5.74, 6) is -0.278. The second kappa shape index (κ2) is 15.9. The summed E-state index contributed by atoms with van der Waals surface area (Å²) in [4.78, 5) is 43.1. The van der Waals surface area contributed by atoms with Crippen molar-refractivity contribution < 1.29 is 24.2 Å². The van der Waals surface area contributed by atoms with E-state index in [1.807, 2.05) is 27.7 Å². The largest absolute Gasteiger partial charge is 0.508 e. The van der Waals surface area contributed by atoms with Crippen molar-refractivity contribution in [1.29, 1.82) is 0 Å². The smallest absolute Gasteiger partial charge is 0.408 e. The number of carbonyl (C=O) groups is 3. The highest BCUT2D eigenvalue weighted by Gasteiger charge is 2.40. The Morgan fingerprint density at radius 3 is 2.10 bits per heavy atom. The van der Waals surface area contributed by atoms with Crippen molar-refractivity contribution in [3.8, 4) is 5.75 Å². The molecule has 40 heavy (non-hydrogen) atoms. The van der Waals surface area contributed by atoms with Gasteiger partial charge in [-0.3, -0.25) is 9.59 Å². The summed E-state index contributed by atoms with van der Waals surface area (Å²) in [5.41, 5.74) is 0.504. The normalized spacial score (nSPS) is 15.5. The molecule has 228 valence electrons. The van der Waals surface area contributed by atoms with Crippen LogP contribution in [0.3, 0.4) is 0 Å². The lowest BCUT2D eigenvalue weighted by Gasteiger charge is -2.40. The molecule has 0 aliphatic heterocycles. The van der Waals surface area contributed by atoms with Crippen LogP contribution in [0.5, 0.6) is 5.75 Å². The fraction of sp³-hybridized carbons (Fsp3) is 0.719. The average molecular weight is 562 g/mol. The number of nitrogens with zero attached hydrogens (tertiary/aromatic N) is 1. The molecule has 0 bridgehead atoms. The zero-order valence-corrected chi connectivity index (χ0v) is 26.8. The van der Waals surface area contributed by atoms with Gasteiger partial charge >= 0.3 is 6.09 Å². The summed E-state index contributed by atoms with van der Waals surface area (Å²) in [6, 6.07) is 2.82. The van der Waals surface area contributed by atoms with Gasteiger partial charge in [0.05, 0.1) is 0 Å². The highest BCUT2D eigenvalue weighted by Crippen LogP contribution is 2.31. The molecule has 0 radical (unpaired) electrons. The van der Waals surface area contributed by atoms with E-state index in [1.165, 1.54) is 0 Å². The third kappa shape index (κ3) is 11.0. The first kappa shape index (κ1) is 35.3. The number of phenolic OH excluding ortho intramolecular Hbond substituents is 1. The number of alkyl carbamates (subject to hydrolysis) is 1. The van der Waals surface area contributed by atoms with E-state index in [1.54, 1.807) is 50.8 Å². The number of benzene rings is 1. The van der Waals surface area contributed by atoms with Crippen molar-refractivity contribution in [2.75, 3.05) is 0 Å². The summed E-state index contributed by atoms with van der Waals surface area (Å²) >= 11 is 0. The Morgan fingerprint density at radius 2 is 1.60 bits per heavy atom. The van der Waals surface area contributed by atoms with Gasteiger partial charge in [-0.2, -0.15) is 0 Å². The molecule has 0 spiro atoms. The number of carbonyl (C=O) groups excluding carboxylic acids is 3. The fourth-order valence-corrected chi connectivity index (χ4v) is 4.70. The Labute approximate surface area is 242 Å². The topological polar surface area (TPSA) is 108 Å². The minimum absolute atomic E-state index is 0.0774. The zero-order chi connectivity index (χ0) is 30.8. The molecule has 5 atom stereocenters. The summed E-state index contributed by atoms with van der Waals surface area (Å²) in [5, 5.41) is 16.2. The Kier molecular flexibility index (Phi) is 14.0. The van der Waals surface area contributed by atoms with E-state index in [4.69, 9.17) is 4.74 Å². The molecular weight excluding hydrogens is 506 g/mol. The number of amides is 3. The number of rotatable bonds is 14. The summed E-state index contributed by atoms with van der Waals surface area (Å²) in [6.07, 6.45) is 3.25. The van der Waals surface area contributed by atoms with Crippen LogP contribution < -0.4 is 10.6 Å². The molecule has 0 aliphatic rings. The Morgan fingerprint density at radius 1 is 0.975 bits per heavy atom. The van der Waals surface area contributed by atoms with E-state index in [0.29, 0.717) is 29.9 Å². The second-order valence-corrected chi connectivity index (χ2v) is 12.7. The van der Waals surface area contributed by atoms with E-state index in [9.17, 15) is 19.5 Å². The fourth-order valence-electron chi connectivity index (χ4n) is 4.70. The molecule has 1 rings (SSSR count). The lowest BCUT2D eigenvalue weighted by molar-refractivity contribution is -0.146. The second-order valence-electron chi connectivity index (χ2n) is 12.7. The van der Waals surface area contributed by atoms with Crippen LogP contribution in [0.4, 0.5) is 4.79 Å². The van der Waals surface area contributed by atoms with E-state index in [2.05, 4.69) is 31.4 Å². The van der Waals surface area contributed by atoms with Gasteiger partial charge in [-0.15, -0.1) is 0 Å². The Bertz CT molecular complexity index is 972. The van der Waals surface area contributed by atoms with Gasteiger partial charge in [-0.25, -0.2) is 4.79 Å². The molecule has 3 N–H and O–H groups in total. The van der Waals surface area contributed by atoms with E-state index in [-0.39, 0.29) is 35.6 Å². The third-order valence-corrected chi connectivity index (χ3v) is 7.22. The standard InChI is InChI=1S/C32H55N3O5/c1-12-14-23(7)33-29(37)28(25-17-18-26(36)22(6)19-25)35(24(8)16-15-20(3)4)30(38)27(21(5)13-2)34-31(39)40-32(9,10)11/h17-21,23-24,27-28,36H,12-16H2,1-11H3,(H,33,37)(H,34,39). The number of ether oxygens (including phenoxy) is 1. The van der Waals surface area contributed by atoms with Crippen molar-refractivity contribution in [2.24, 2.45) is 11.8 Å². The molecule has 1 aromatic carbocycles.